The molecule has 3 nitrogen and oxygen atoms in total. The van der Waals surface area contributed by atoms with Gasteiger partial charge in [0.2, 0.25) is 0 Å². The van der Waals surface area contributed by atoms with Crippen LogP contribution in [0.5, 0.6) is 0 Å². The molecule has 0 aromatic carbocycles. The molecule has 0 aromatic rings. The van der Waals surface area contributed by atoms with Crippen LogP contribution in [0.1, 0.15) is 26.2 Å². The minimum Gasteiger partial charge on any atom is -0.395 e. The molecule has 1 atom stereocenters. The first-order valence-electron chi connectivity index (χ1n) is 4.69. The zero-order chi connectivity index (χ0) is 8.97. The van der Waals surface area contributed by atoms with Crippen LogP contribution in [0.4, 0.5) is 0 Å². The third-order valence-electron chi connectivity index (χ3n) is 2.61. The van der Waals surface area contributed by atoms with Gasteiger partial charge in [-0.2, -0.15) is 0 Å². The smallest absolute Gasteiger partial charge is 0.0601 e. The maximum Gasteiger partial charge on any atom is 0.0601 e. The summed E-state index contributed by atoms with van der Waals surface area (Å²) in [5.41, 5.74) is 0. The first-order chi connectivity index (χ1) is 5.80. The van der Waals surface area contributed by atoms with Crippen molar-refractivity contribution in [3.63, 3.8) is 0 Å². The van der Waals surface area contributed by atoms with E-state index in [0.717, 1.165) is 19.3 Å². The molecule has 72 valence electrons. The minimum absolute atomic E-state index is 0.241. The number of aliphatic hydroxyl groups excluding tert-OH is 1. The van der Waals surface area contributed by atoms with Crippen molar-refractivity contribution in [2.75, 3.05) is 13.7 Å². The molecule has 2 N–H and O–H groups in total. The van der Waals surface area contributed by atoms with Crippen LogP contribution in [0.15, 0.2) is 0 Å². The number of methoxy groups -OCH3 is 1. The molecule has 12 heavy (non-hydrogen) atoms. The molecular weight excluding hydrogens is 154 g/mol. The van der Waals surface area contributed by atoms with E-state index in [1.54, 1.807) is 7.11 Å². The van der Waals surface area contributed by atoms with E-state index in [1.807, 2.05) is 0 Å². The van der Waals surface area contributed by atoms with Gasteiger partial charge in [0.1, 0.15) is 0 Å². The summed E-state index contributed by atoms with van der Waals surface area (Å²) in [6.07, 6.45) is 3.61. The summed E-state index contributed by atoms with van der Waals surface area (Å²) < 4.78 is 5.16. The summed E-state index contributed by atoms with van der Waals surface area (Å²) in [5, 5.41) is 12.3. The Balaban J connectivity index is 2.09. The predicted molar refractivity (Wildman–Crippen MR) is 48.1 cm³/mol. The topological polar surface area (TPSA) is 41.5 Å². The summed E-state index contributed by atoms with van der Waals surface area (Å²) in [6, 6.07) is 0.833. The second kappa shape index (κ2) is 4.80. The molecule has 0 saturated heterocycles. The fraction of sp³-hybridized carbons (Fsp3) is 1.00. The lowest BCUT2D eigenvalue weighted by molar-refractivity contribution is 0.0116. The molecule has 1 saturated carbocycles. The van der Waals surface area contributed by atoms with Crippen LogP contribution in [-0.2, 0) is 4.74 Å². The molecule has 0 radical (unpaired) electrons. The fourth-order valence-electron chi connectivity index (χ4n) is 1.53. The molecule has 1 fully saturated rings. The lowest BCUT2D eigenvalue weighted by atomic mass is 9.88. The van der Waals surface area contributed by atoms with Crippen molar-refractivity contribution in [3.05, 3.63) is 0 Å². The van der Waals surface area contributed by atoms with Crippen LogP contribution in [0, 0.1) is 0 Å². The lowest BCUT2D eigenvalue weighted by Gasteiger charge is -2.36. The normalized spacial score (nSPS) is 31.2. The van der Waals surface area contributed by atoms with Crippen molar-refractivity contribution in [1.29, 1.82) is 0 Å². The van der Waals surface area contributed by atoms with Gasteiger partial charge in [0.05, 0.1) is 12.7 Å². The van der Waals surface area contributed by atoms with E-state index >= 15 is 0 Å². The van der Waals surface area contributed by atoms with Crippen molar-refractivity contribution in [2.45, 2.75) is 44.4 Å². The highest BCUT2D eigenvalue weighted by molar-refractivity contribution is 4.87. The molecule has 1 unspecified atom stereocenters. The average molecular weight is 173 g/mol. The van der Waals surface area contributed by atoms with Crippen LogP contribution in [0.3, 0.4) is 0 Å². The first kappa shape index (κ1) is 9.96. The van der Waals surface area contributed by atoms with Crippen LogP contribution in [-0.4, -0.2) is 37.0 Å². The maximum absolute atomic E-state index is 8.92. The van der Waals surface area contributed by atoms with Crippen molar-refractivity contribution in [3.8, 4) is 0 Å². The van der Waals surface area contributed by atoms with E-state index in [-0.39, 0.29) is 12.6 Å². The van der Waals surface area contributed by atoms with E-state index in [9.17, 15) is 0 Å². The van der Waals surface area contributed by atoms with Gasteiger partial charge in [0.15, 0.2) is 0 Å². The Labute approximate surface area is 74.1 Å². The monoisotopic (exact) mass is 173 g/mol. The Hall–Kier alpha value is -0.120. The first-order valence-corrected chi connectivity index (χ1v) is 4.69. The maximum atomic E-state index is 8.92. The van der Waals surface area contributed by atoms with Crippen LogP contribution < -0.4 is 5.32 Å². The van der Waals surface area contributed by atoms with Gasteiger partial charge in [-0.05, 0) is 19.3 Å². The summed E-state index contributed by atoms with van der Waals surface area (Å²) in [5.74, 6) is 0. The molecule has 0 aromatic heterocycles. The molecule has 3 heteroatoms. The van der Waals surface area contributed by atoms with E-state index in [0.29, 0.717) is 12.1 Å². The van der Waals surface area contributed by atoms with Gasteiger partial charge in [0.25, 0.3) is 0 Å². The number of hydrogen-bond acceptors (Lipinski definition) is 3. The van der Waals surface area contributed by atoms with Crippen LogP contribution >= 0.6 is 0 Å². The Kier molecular flexibility index (Phi) is 3.98. The molecule has 0 bridgehead atoms. The number of rotatable bonds is 5. The van der Waals surface area contributed by atoms with Crippen molar-refractivity contribution >= 4 is 0 Å². The molecule has 1 aliphatic rings. The van der Waals surface area contributed by atoms with Gasteiger partial charge in [-0.15, -0.1) is 0 Å². The summed E-state index contributed by atoms with van der Waals surface area (Å²) in [7, 11) is 1.75. The highest BCUT2D eigenvalue weighted by atomic mass is 16.5. The van der Waals surface area contributed by atoms with Crippen molar-refractivity contribution in [2.24, 2.45) is 0 Å². The van der Waals surface area contributed by atoms with Gasteiger partial charge in [-0.1, -0.05) is 6.92 Å². The number of nitrogens with one attached hydrogen (secondary N) is 1. The van der Waals surface area contributed by atoms with Crippen molar-refractivity contribution in [1.82, 2.24) is 5.32 Å². The van der Waals surface area contributed by atoms with Crippen LogP contribution in [0.2, 0.25) is 0 Å². The van der Waals surface area contributed by atoms with E-state index < -0.39 is 0 Å². The number of ether oxygens (including phenoxy) is 1. The molecule has 0 amide bonds. The van der Waals surface area contributed by atoms with Crippen molar-refractivity contribution < 1.29 is 9.84 Å². The summed E-state index contributed by atoms with van der Waals surface area (Å²) in [4.78, 5) is 0. The molecule has 0 spiro atoms. The Bertz CT molecular complexity index is 120. The standard InChI is InChI=1S/C9H19NO2/c1-3-7(6-11)10-8-4-9(5-8)12-2/h7-11H,3-6H2,1-2H3. The molecule has 0 aliphatic heterocycles. The van der Waals surface area contributed by atoms with Crippen LogP contribution in [0.25, 0.3) is 0 Å². The third-order valence-corrected chi connectivity index (χ3v) is 2.61. The second-order valence-corrected chi connectivity index (χ2v) is 3.48. The molecular formula is C9H19NO2. The zero-order valence-electron chi connectivity index (χ0n) is 7.92. The molecule has 1 rings (SSSR count). The minimum atomic E-state index is 0.241. The highest BCUT2D eigenvalue weighted by Gasteiger charge is 2.29. The van der Waals surface area contributed by atoms with Gasteiger partial charge in [0, 0.05) is 19.2 Å². The van der Waals surface area contributed by atoms with E-state index in [4.69, 9.17) is 9.84 Å². The number of aliphatic hydroxyl groups is 1. The lowest BCUT2D eigenvalue weighted by Crippen LogP contribution is -2.50. The second-order valence-electron chi connectivity index (χ2n) is 3.48. The SMILES string of the molecule is CCC(CO)NC1CC(OC)C1. The summed E-state index contributed by atoms with van der Waals surface area (Å²) in [6.45, 7) is 2.32. The fourth-order valence-corrected chi connectivity index (χ4v) is 1.53. The Morgan fingerprint density at radius 3 is 2.67 bits per heavy atom. The Morgan fingerprint density at radius 2 is 2.25 bits per heavy atom. The summed E-state index contributed by atoms with van der Waals surface area (Å²) >= 11 is 0. The largest absolute Gasteiger partial charge is 0.395 e. The zero-order valence-corrected chi connectivity index (χ0v) is 7.92. The predicted octanol–water partition coefficient (Wildman–Crippen LogP) is 0.524. The van der Waals surface area contributed by atoms with Gasteiger partial charge < -0.3 is 15.2 Å². The molecule has 1 aliphatic carbocycles. The number of hydrogen-bond donors (Lipinski definition) is 2. The average Bonchev–Trinajstić information content (AvgIpc) is 2.03. The van der Waals surface area contributed by atoms with Gasteiger partial charge in [-0.3, -0.25) is 0 Å². The third kappa shape index (κ3) is 2.44. The van der Waals surface area contributed by atoms with E-state index in [1.165, 1.54) is 0 Å². The van der Waals surface area contributed by atoms with Gasteiger partial charge in [-0.25, -0.2) is 0 Å². The molecule has 0 heterocycles. The Morgan fingerprint density at radius 1 is 1.58 bits per heavy atom. The van der Waals surface area contributed by atoms with Gasteiger partial charge >= 0.3 is 0 Å². The van der Waals surface area contributed by atoms with E-state index in [2.05, 4.69) is 12.2 Å². The highest BCUT2D eigenvalue weighted by Crippen LogP contribution is 2.22. The quantitative estimate of drug-likeness (QED) is 0.637.